The molecule has 0 saturated carbocycles. The molecule has 0 radical (unpaired) electrons. The van der Waals surface area contributed by atoms with Gasteiger partial charge in [-0.25, -0.2) is 0 Å². The summed E-state index contributed by atoms with van der Waals surface area (Å²) in [6.07, 6.45) is 0.452. The Balaban J connectivity index is 2.57. The van der Waals surface area contributed by atoms with Crippen LogP contribution in [-0.4, -0.2) is 11.2 Å². The molecule has 96 valence electrons. The molecule has 2 rings (SSSR count). The van der Waals surface area contributed by atoms with Crippen LogP contribution in [0, 0.1) is 10.1 Å². The predicted molar refractivity (Wildman–Crippen MR) is 73.9 cm³/mol. The second kappa shape index (κ2) is 5.38. The summed E-state index contributed by atoms with van der Waals surface area (Å²) in [5.74, 6) is 0. The van der Waals surface area contributed by atoms with Gasteiger partial charge in [0.15, 0.2) is 6.29 Å². The zero-order valence-electron chi connectivity index (χ0n) is 9.47. The van der Waals surface area contributed by atoms with Crippen LogP contribution in [0.3, 0.4) is 0 Å². The first-order valence-electron chi connectivity index (χ1n) is 5.21. The molecule has 0 saturated heterocycles. The van der Waals surface area contributed by atoms with Gasteiger partial charge in [0.2, 0.25) is 0 Å². The summed E-state index contributed by atoms with van der Waals surface area (Å²) in [4.78, 5) is 21.0. The number of hydrogen-bond donors (Lipinski definition) is 0. The van der Waals surface area contributed by atoms with Crippen molar-refractivity contribution >= 4 is 35.2 Å². The van der Waals surface area contributed by atoms with Gasteiger partial charge >= 0.3 is 0 Å². The van der Waals surface area contributed by atoms with Gasteiger partial charge in [0.25, 0.3) is 5.69 Å². The van der Waals surface area contributed by atoms with Crippen molar-refractivity contribution in [3.63, 3.8) is 0 Å². The van der Waals surface area contributed by atoms with Gasteiger partial charge in [0.05, 0.1) is 10.5 Å². The van der Waals surface area contributed by atoms with Gasteiger partial charge in [-0.1, -0.05) is 23.2 Å². The molecule has 6 heteroatoms. The van der Waals surface area contributed by atoms with Crippen molar-refractivity contribution < 1.29 is 9.72 Å². The van der Waals surface area contributed by atoms with E-state index in [1.807, 2.05) is 0 Å². The second-order valence-electron chi connectivity index (χ2n) is 3.81. The Labute approximate surface area is 118 Å². The van der Waals surface area contributed by atoms with Crippen molar-refractivity contribution in [2.24, 2.45) is 0 Å². The van der Waals surface area contributed by atoms with Crippen LogP contribution in [-0.2, 0) is 0 Å². The maximum Gasteiger partial charge on any atom is 0.279 e. The molecule has 0 unspecified atom stereocenters. The minimum atomic E-state index is -0.599. The molecular formula is C13H7Cl2NO3. The molecule has 0 amide bonds. The smallest absolute Gasteiger partial charge is 0.279 e. The van der Waals surface area contributed by atoms with Gasteiger partial charge in [-0.15, -0.1) is 0 Å². The molecule has 0 fully saturated rings. The summed E-state index contributed by atoms with van der Waals surface area (Å²) >= 11 is 11.8. The third-order valence-electron chi connectivity index (χ3n) is 2.55. The largest absolute Gasteiger partial charge is 0.298 e. The summed E-state index contributed by atoms with van der Waals surface area (Å²) in [6.45, 7) is 0. The number of nitro benzene ring substituents is 1. The summed E-state index contributed by atoms with van der Waals surface area (Å²) in [6, 6.07) is 9.19. The van der Waals surface area contributed by atoms with Crippen LogP contribution in [0.5, 0.6) is 0 Å². The van der Waals surface area contributed by atoms with Crippen LogP contribution >= 0.6 is 23.2 Å². The number of rotatable bonds is 3. The number of carbonyl (C=O) groups is 1. The molecule has 0 aliphatic heterocycles. The zero-order chi connectivity index (χ0) is 14.0. The average Bonchev–Trinajstić information content (AvgIpc) is 2.36. The highest BCUT2D eigenvalue weighted by atomic mass is 35.5. The van der Waals surface area contributed by atoms with Crippen molar-refractivity contribution in [1.82, 2.24) is 0 Å². The average molecular weight is 296 g/mol. The fourth-order valence-electron chi connectivity index (χ4n) is 1.72. The minimum absolute atomic E-state index is 0.0126. The highest BCUT2D eigenvalue weighted by molar-refractivity contribution is 6.35. The lowest BCUT2D eigenvalue weighted by Crippen LogP contribution is -1.94. The molecule has 0 aliphatic rings. The third kappa shape index (κ3) is 2.92. The fraction of sp³-hybridized carbons (Fsp3) is 0. The van der Waals surface area contributed by atoms with Crippen molar-refractivity contribution in [3.05, 3.63) is 62.1 Å². The third-order valence-corrected chi connectivity index (χ3v) is 2.98. The molecule has 0 N–H and O–H groups in total. The highest BCUT2D eigenvalue weighted by Crippen LogP contribution is 2.30. The number of halogens is 2. The van der Waals surface area contributed by atoms with E-state index in [1.54, 1.807) is 24.3 Å². The molecule has 4 nitrogen and oxygen atoms in total. The molecular weight excluding hydrogens is 289 g/mol. The van der Waals surface area contributed by atoms with E-state index in [0.717, 1.165) is 0 Å². The first kappa shape index (κ1) is 13.5. The number of nitrogens with zero attached hydrogens (tertiary/aromatic N) is 1. The van der Waals surface area contributed by atoms with Gasteiger partial charge in [0.1, 0.15) is 0 Å². The van der Waals surface area contributed by atoms with E-state index in [4.69, 9.17) is 23.2 Å². The Bertz CT molecular complexity index is 651. The van der Waals surface area contributed by atoms with E-state index in [9.17, 15) is 14.9 Å². The number of nitro groups is 1. The monoisotopic (exact) mass is 295 g/mol. The lowest BCUT2D eigenvalue weighted by Gasteiger charge is -2.05. The van der Waals surface area contributed by atoms with Gasteiger partial charge in [0, 0.05) is 16.1 Å². The van der Waals surface area contributed by atoms with E-state index in [1.165, 1.54) is 12.1 Å². The van der Waals surface area contributed by atoms with Crippen LogP contribution in [0.25, 0.3) is 11.1 Å². The topological polar surface area (TPSA) is 60.2 Å². The van der Waals surface area contributed by atoms with Crippen molar-refractivity contribution in [1.29, 1.82) is 0 Å². The molecule has 0 aliphatic carbocycles. The number of hydrogen-bond acceptors (Lipinski definition) is 3. The molecule has 0 spiro atoms. The lowest BCUT2D eigenvalue weighted by molar-refractivity contribution is -0.385. The van der Waals surface area contributed by atoms with Crippen LogP contribution in [0.2, 0.25) is 10.0 Å². The summed E-state index contributed by atoms with van der Waals surface area (Å²) < 4.78 is 0. The normalized spacial score (nSPS) is 10.2. The number of benzene rings is 2. The molecule has 0 atom stereocenters. The van der Waals surface area contributed by atoms with E-state index in [0.29, 0.717) is 27.5 Å². The van der Waals surface area contributed by atoms with Crippen LogP contribution in [0.1, 0.15) is 10.4 Å². The maximum absolute atomic E-state index is 10.9. The quantitative estimate of drug-likeness (QED) is 0.479. The van der Waals surface area contributed by atoms with E-state index < -0.39 is 4.92 Å². The Hall–Kier alpha value is -1.91. The summed E-state index contributed by atoms with van der Waals surface area (Å²) in [7, 11) is 0. The Morgan fingerprint density at radius 3 is 2.16 bits per heavy atom. The molecule has 2 aromatic carbocycles. The van der Waals surface area contributed by atoms with E-state index in [2.05, 4.69) is 0 Å². The van der Waals surface area contributed by atoms with Crippen molar-refractivity contribution in [2.45, 2.75) is 0 Å². The molecule has 0 bridgehead atoms. The van der Waals surface area contributed by atoms with Crippen LogP contribution in [0.4, 0.5) is 5.69 Å². The van der Waals surface area contributed by atoms with Gasteiger partial charge in [-0.3, -0.25) is 14.9 Å². The molecule has 0 aromatic heterocycles. The van der Waals surface area contributed by atoms with Gasteiger partial charge < -0.3 is 0 Å². The van der Waals surface area contributed by atoms with Gasteiger partial charge in [-0.05, 0) is 41.5 Å². The standard InChI is InChI=1S/C13H7Cl2NO3/c14-11-4-9(5-12(15)6-11)8-1-2-13(16(18)19)10(3-8)7-17/h1-7H. The lowest BCUT2D eigenvalue weighted by atomic mass is 10.0. The first-order valence-corrected chi connectivity index (χ1v) is 5.97. The molecule has 2 aromatic rings. The Morgan fingerprint density at radius 1 is 1.00 bits per heavy atom. The van der Waals surface area contributed by atoms with Crippen LogP contribution < -0.4 is 0 Å². The Morgan fingerprint density at radius 2 is 1.63 bits per heavy atom. The summed E-state index contributed by atoms with van der Waals surface area (Å²) in [5, 5.41) is 11.6. The van der Waals surface area contributed by atoms with Crippen LogP contribution in [0.15, 0.2) is 36.4 Å². The Kier molecular flexibility index (Phi) is 3.83. The highest BCUT2D eigenvalue weighted by Gasteiger charge is 2.14. The SMILES string of the molecule is O=Cc1cc(-c2cc(Cl)cc(Cl)c2)ccc1[N+](=O)[O-]. The maximum atomic E-state index is 10.9. The number of carbonyl (C=O) groups excluding carboxylic acids is 1. The van der Waals surface area contributed by atoms with E-state index >= 15 is 0 Å². The van der Waals surface area contributed by atoms with Crippen molar-refractivity contribution in [2.75, 3.05) is 0 Å². The minimum Gasteiger partial charge on any atom is -0.298 e. The van der Waals surface area contributed by atoms with Gasteiger partial charge in [-0.2, -0.15) is 0 Å². The van der Waals surface area contributed by atoms with E-state index in [-0.39, 0.29) is 11.3 Å². The van der Waals surface area contributed by atoms with Crippen molar-refractivity contribution in [3.8, 4) is 11.1 Å². The summed E-state index contributed by atoms with van der Waals surface area (Å²) in [5.41, 5.74) is 1.11. The number of aldehydes is 1. The molecule has 0 heterocycles. The fourth-order valence-corrected chi connectivity index (χ4v) is 2.24. The second-order valence-corrected chi connectivity index (χ2v) is 4.68. The molecule has 19 heavy (non-hydrogen) atoms. The first-order chi connectivity index (χ1) is 9.01. The zero-order valence-corrected chi connectivity index (χ0v) is 11.0. The predicted octanol–water partition coefficient (Wildman–Crippen LogP) is 4.38.